The molecule has 1 heterocycles. The van der Waals surface area contributed by atoms with Gasteiger partial charge in [-0.05, 0) is 16.7 Å². The minimum absolute atomic E-state index is 0.353. The Labute approximate surface area is 116 Å². The molecule has 0 saturated heterocycles. The summed E-state index contributed by atoms with van der Waals surface area (Å²) in [6.45, 7) is 0.607. The Bertz CT molecular complexity index is 702. The van der Waals surface area contributed by atoms with Crippen molar-refractivity contribution in [2.45, 2.75) is 6.54 Å². The first kappa shape index (κ1) is 12.3. The molecule has 98 valence electrons. The SMILES string of the molecule is O=Cc1cn(Cc2ccc(-c3ccccc3)cc2)nn1. The van der Waals surface area contributed by atoms with Crippen LogP contribution in [-0.2, 0) is 6.54 Å². The Hall–Kier alpha value is -2.75. The average molecular weight is 263 g/mol. The second kappa shape index (κ2) is 5.48. The molecule has 0 fully saturated rings. The second-order valence-electron chi connectivity index (χ2n) is 4.52. The van der Waals surface area contributed by atoms with Crippen molar-refractivity contribution in [3.05, 3.63) is 72.1 Å². The molecule has 0 spiro atoms. The first-order valence-electron chi connectivity index (χ1n) is 6.35. The smallest absolute Gasteiger partial charge is 0.171 e. The maximum absolute atomic E-state index is 10.6. The van der Waals surface area contributed by atoms with E-state index in [0.29, 0.717) is 18.5 Å². The molecular weight excluding hydrogens is 250 g/mol. The zero-order valence-electron chi connectivity index (χ0n) is 10.8. The Morgan fingerprint density at radius 2 is 1.65 bits per heavy atom. The highest BCUT2D eigenvalue weighted by Crippen LogP contribution is 2.19. The first-order valence-corrected chi connectivity index (χ1v) is 6.35. The summed E-state index contributed by atoms with van der Waals surface area (Å²) in [6, 6.07) is 18.5. The topological polar surface area (TPSA) is 47.8 Å². The highest BCUT2D eigenvalue weighted by Gasteiger charge is 2.01. The van der Waals surface area contributed by atoms with Crippen LogP contribution in [0.5, 0.6) is 0 Å². The summed E-state index contributed by atoms with van der Waals surface area (Å²) in [6.07, 6.45) is 2.33. The summed E-state index contributed by atoms with van der Waals surface area (Å²) < 4.78 is 1.65. The molecular formula is C16H13N3O. The van der Waals surface area contributed by atoms with E-state index in [9.17, 15) is 4.79 Å². The van der Waals surface area contributed by atoms with Gasteiger partial charge in [-0.15, -0.1) is 5.10 Å². The van der Waals surface area contributed by atoms with Gasteiger partial charge in [0, 0.05) is 0 Å². The molecule has 0 aliphatic rings. The van der Waals surface area contributed by atoms with Crippen LogP contribution in [0, 0.1) is 0 Å². The predicted octanol–water partition coefficient (Wildman–Crippen LogP) is 2.81. The minimum Gasteiger partial charge on any atom is -0.296 e. The number of benzene rings is 2. The molecule has 4 heteroatoms. The van der Waals surface area contributed by atoms with Crippen LogP contribution in [0.4, 0.5) is 0 Å². The molecule has 0 N–H and O–H groups in total. The number of carbonyl (C=O) groups is 1. The van der Waals surface area contributed by atoms with Gasteiger partial charge in [-0.2, -0.15) is 0 Å². The van der Waals surface area contributed by atoms with Gasteiger partial charge in [0.15, 0.2) is 6.29 Å². The first-order chi connectivity index (χ1) is 9.85. The molecule has 3 aromatic rings. The molecule has 0 saturated carbocycles. The number of rotatable bonds is 4. The molecule has 4 nitrogen and oxygen atoms in total. The van der Waals surface area contributed by atoms with Gasteiger partial charge in [-0.1, -0.05) is 59.8 Å². The van der Waals surface area contributed by atoms with Crippen LogP contribution in [0.3, 0.4) is 0 Å². The minimum atomic E-state index is 0.353. The monoisotopic (exact) mass is 263 g/mol. The second-order valence-corrected chi connectivity index (χ2v) is 4.52. The molecule has 0 bridgehead atoms. The number of aldehydes is 1. The number of aromatic nitrogens is 3. The van der Waals surface area contributed by atoms with E-state index in [2.05, 4.69) is 46.7 Å². The van der Waals surface area contributed by atoms with Crippen LogP contribution in [0.15, 0.2) is 60.8 Å². The fourth-order valence-corrected chi connectivity index (χ4v) is 2.06. The van der Waals surface area contributed by atoms with Gasteiger partial charge >= 0.3 is 0 Å². The molecule has 0 atom stereocenters. The predicted molar refractivity (Wildman–Crippen MR) is 76.4 cm³/mol. The van der Waals surface area contributed by atoms with E-state index in [-0.39, 0.29) is 0 Å². The summed E-state index contributed by atoms with van der Waals surface area (Å²) in [5.41, 5.74) is 3.85. The van der Waals surface area contributed by atoms with Crippen molar-refractivity contribution in [3.8, 4) is 11.1 Å². The highest BCUT2D eigenvalue weighted by molar-refractivity contribution is 5.70. The number of nitrogens with zero attached hydrogens (tertiary/aromatic N) is 3. The van der Waals surface area contributed by atoms with Crippen LogP contribution in [-0.4, -0.2) is 21.3 Å². The van der Waals surface area contributed by atoms with Gasteiger partial charge in [-0.25, -0.2) is 4.68 Å². The van der Waals surface area contributed by atoms with Crippen LogP contribution < -0.4 is 0 Å². The van der Waals surface area contributed by atoms with Crippen LogP contribution in [0.1, 0.15) is 16.1 Å². The Morgan fingerprint density at radius 1 is 0.950 bits per heavy atom. The van der Waals surface area contributed by atoms with E-state index < -0.39 is 0 Å². The van der Waals surface area contributed by atoms with Crippen molar-refractivity contribution < 1.29 is 4.79 Å². The van der Waals surface area contributed by atoms with Gasteiger partial charge in [0.1, 0.15) is 5.69 Å². The molecule has 2 aromatic carbocycles. The van der Waals surface area contributed by atoms with Gasteiger partial charge < -0.3 is 0 Å². The lowest BCUT2D eigenvalue weighted by Gasteiger charge is -2.04. The third kappa shape index (κ3) is 2.64. The number of hydrogen-bond donors (Lipinski definition) is 0. The summed E-state index contributed by atoms with van der Waals surface area (Å²) in [5.74, 6) is 0. The third-order valence-electron chi connectivity index (χ3n) is 3.08. The molecule has 0 unspecified atom stereocenters. The maximum Gasteiger partial charge on any atom is 0.171 e. The Morgan fingerprint density at radius 3 is 2.30 bits per heavy atom. The maximum atomic E-state index is 10.6. The van der Waals surface area contributed by atoms with E-state index in [1.807, 2.05) is 18.2 Å². The largest absolute Gasteiger partial charge is 0.296 e. The molecule has 20 heavy (non-hydrogen) atoms. The standard InChI is InChI=1S/C16H13N3O/c20-12-16-11-19(18-17-16)10-13-6-8-15(9-7-13)14-4-2-1-3-5-14/h1-9,11-12H,10H2. The van der Waals surface area contributed by atoms with E-state index in [0.717, 1.165) is 5.56 Å². The summed E-state index contributed by atoms with van der Waals surface area (Å²) in [5, 5.41) is 7.64. The third-order valence-corrected chi connectivity index (χ3v) is 3.08. The average Bonchev–Trinajstić information content (AvgIpc) is 2.97. The molecule has 0 aliphatic heterocycles. The lowest BCUT2D eigenvalue weighted by atomic mass is 10.0. The van der Waals surface area contributed by atoms with Gasteiger partial charge in [-0.3, -0.25) is 4.79 Å². The molecule has 0 radical (unpaired) electrons. The van der Waals surface area contributed by atoms with E-state index in [4.69, 9.17) is 0 Å². The van der Waals surface area contributed by atoms with Crippen molar-refractivity contribution in [2.75, 3.05) is 0 Å². The zero-order valence-corrected chi connectivity index (χ0v) is 10.8. The van der Waals surface area contributed by atoms with Crippen molar-refractivity contribution in [1.82, 2.24) is 15.0 Å². The summed E-state index contributed by atoms with van der Waals surface area (Å²) >= 11 is 0. The fourth-order valence-electron chi connectivity index (χ4n) is 2.06. The lowest BCUT2D eigenvalue weighted by Crippen LogP contribution is -2.00. The van der Waals surface area contributed by atoms with Crippen molar-refractivity contribution in [1.29, 1.82) is 0 Å². The Balaban J connectivity index is 1.78. The number of carbonyl (C=O) groups excluding carboxylic acids is 1. The molecule has 0 aliphatic carbocycles. The van der Waals surface area contributed by atoms with Crippen LogP contribution in [0.2, 0.25) is 0 Å². The van der Waals surface area contributed by atoms with E-state index >= 15 is 0 Å². The molecule has 1 aromatic heterocycles. The zero-order chi connectivity index (χ0) is 13.8. The highest BCUT2D eigenvalue weighted by atomic mass is 16.1. The lowest BCUT2D eigenvalue weighted by molar-refractivity contribution is 0.111. The molecule has 3 rings (SSSR count). The Kier molecular flexibility index (Phi) is 3.37. The van der Waals surface area contributed by atoms with Gasteiger partial charge in [0.25, 0.3) is 0 Å². The van der Waals surface area contributed by atoms with Gasteiger partial charge in [0.05, 0.1) is 12.7 Å². The van der Waals surface area contributed by atoms with Gasteiger partial charge in [0.2, 0.25) is 0 Å². The molecule has 0 amide bonds. The van der Waals surface area contributed by atoms with Crippen LogP contribution in [0.25, 0.3) is 11.1 Å². The van der Waals surface area contributed by atoms with Crippen molar-refractivity contribution in [3.63, 3.8) is 0 Å². The fraction of sp³-hybridized carbons (Fsp3) is 0.0625. The quantitative estimate of drug-likeness (QED) is 0.680. The summed E-state index contributed by atoms with van der Waals surface area (Å²) in [4.78, 5) is 10.6. The van der Waals surface area contributed by atoms with Crippen LogP contribution >= 0.6 is 0 Å². The van der Waals surface area contributed by atoms with E-state index in [1.165, 1.54) is 11.1 Å². The summed E-state index contributed by atoms with van der Waals surface area (Å²) in [7, 11) is 0. The van der Waals surface area contributed by atoms with E-state index in [1.54, 1.807) is 10.9 Å². The van der Waals surface area contributed by atoms with Crippen molar-refractivity contribution >= 4 is 6.29 Å². The number of hydrogen-bond acceptors (Lipinski definition) is 3. The van der Waals surface area contributed by atoms with Crippen molar-refractivity contribution in [2.24, 2.45) is 0 Å². The normalized spacial score (nSPS) is 10.4.